The minimum Gasteiger partial charge on any atom is -0.494 e. The Kier molecular flexibility index (Phi) is 5.47. The summed E-state index contributed by atoms with van der Waals surface area (Å²) < 4.78 is 31.6. The highest BCUT2D eigenvalue weighted by molar-refractivity contribution is 5.90. The van der Waals surface area contributed by atoms with Crippen LogP contribution in [0.5, 0.6) is 5.75 Å². The summed E-state index contributed by atoms with van der Waals surface area (Å²) in [6.45, 7) is 2.38. The average Bonchev–Trinajstić information content (AvgIpc) is 2.48. The maximum Gasteiger partial charge on any atom is 0.224 e. The largest absolute Gasteiger partial charge is 0.494 e. The van der Waals surface area contributed by atoms with E-state index in [4.69, 9.17) is 4.74 Å². The fourth-order valence-electron chi connectivity index (χ4n) is 1.86. The van der Waals surface area contributed by atoms with Gasteiger partial charge in [0.25, 0.3) is 0 Å². The van der Waals surface area contributed by atoms with Gasteiger partial charge in [-0.25, -0.2) is 8.78 Å². The van der Waals surface area contributed by atoms with Gasteiger partial charge < -0.3 is 10.1 Å². The Morgan fingerprint density at radius 3 is 2.55 bits per heavy atom. The number of carbonyl (C=O) groups is 1. The highest BCUT2D eigenvalue weighted by atomic mass is 19.1. The minimum atomic E-state index is -0.788. The molecular formula is C17H17F2NO2. The number of carbonyl (C=O) groups excluding carboxylic acids is 1. The lowest BCUT2D eigenvalue weighted by atomic mass is 10.2. The predicted molar refractivity (Wildman–Crippen MR) is 80.9 cm³/mol. The molecule has 0 aliphatic heterocycles. The van der Waals surface area contributed by atoms with Crippen molar-refractivity contribution in [3.05, 3.63) is 59.7 Å². The summed E-state index contributed by atoms with van der Waals surface area (Å²) in [5.41, 5.74) is 1.12. The van der Waals surface area contributed by atoms with E-state index < -0.39 is 11.6 Å². The van der Waals surface area contributed by atoms with Gasteiger partial charge in [0.2, 0.25) is 5.91 Å². The molecular weight excluding hydrogens is 288 g/mol. The predicted octanol–water partition coefficient (Wildman–Crippen LogP) is 4.07. The molecule has 1 N–H and O–H groups in total. The molecule has 0 fully saturated rings. The normalized spacial score (nSPS) is 10.3. The number of rotatable bonds is 6. The molecule has 0 heterocycles. The number of nitrogens with one attached hydrogen (secondary N) is 1. The molecule has 0 aliphatic rings. The maximum absolute atomic E-state index is 13.4. The number of benzene rings is 2. The minimum absolute atomic E-state index is 0.0224. The Balaban J connectivity index is 1.72. The van der Waals surface area contributed by atoms with Crippen molar-refractivity contribution in [1.29, 1.82) is 0 Å². The number of hydrogen-bond acceptors (Lipinski definition) is 2. The molecule has 0 saturated heterocycles. The van der Waals surface area contributed by atoms with Crippen LogP contribution in [0.3, 0.4) is 0 Å². The van der Waals surface area contributed by atoms with Gasteiger partial charge in [-0.2, -0.15) is 0 Å². The third-order valence-corrected chi connectivity index (χ3v) is 3.04. The summed E-state index contributed by atoms with van der Waals surface area (Å²) in [7, 11) is 0. The molecule has 0 unspecified atom stereocenters. The molecule has 0 atom stereocenters. The van der Waals surface area contributed by atoms with Crippen LogP contribution >= 0.6 is 0 Å². The van der Waals surface area contributed by atoms with Gasteiger partial charge in [0.05, 0.1) is 12.3 Å². The van der Waals surface area contributed by atoms with E-state index in [1.54, 1.807) is 0 Å². The van der Waals surface area contributed by atoms with E-state index in [0.29, 0.717) is 13.0 Å². The zero-order valence-electron chi connectivity index (χ0n) is 12.2. The molecule has 0 saturated carbocycles. The van der Waals surface area contributed by atoms with Gasteiger partial charge in [-0.3, -0.25) is 4.79 Å². The molecule has 2 aromatic rings. The van der Waals surface area contributed by atoms with Crippen molar-refractivity contribution in [2.45, 2.75) is 19.8 Å². The lowest BCUT2D eigenvalue weighted by Gasteiger charge is -2.08. The van der Waals surface area contributed by atoms with Crippen molar-refractivity contribution in [2.75, 3.05) is 11.9 Å². The lowest BCUT2D eigenvalue weighted by Crippen LogP contribution is -2.13. The molecule has 0 spiro atoms. The summed E-state index contributed by atoms with van der Waals surface area (Å²) >= 11 is 0. The maximum atomic E-state index is 13.4. The van der Waals surface area contributed by atoms with E-state index in [9.17, 15) is 13.6 Å². The first-order valence-corrected chi connectivity index (χ1v) is 6.99. The van der Waals surface area contributed by atoms with Crippen LogP contribution in [0.25, 0.3) is 0 Å². The van der Waals surface area contributed by atoms with Gasteiger partial charge in [0, 0.05) is 12.5 Å². The first-order valence-electron chi connectivity index (χ1n) is 6.99. The van der Waals surface area contributed by atoms with Gasteiger partial charge in [0.15, 0.2) is 0 Å². The van der Waals surface area contributed by atoms with Crippen LogP contribution in [0.1, 0.15) is 18.4 Å². The van der Waals surface area contributed by atoms with E-state index in [0.717, 1.165) is 23.4 Å². The highest BCUT2D eigenvalue weighted by Crippen LogP contribution is 2.15. The second-order valence-electron chi connectivity index (χ2n) is 4.94. The first kappa shape index (κ1) is 15.9. The molecule has 3 nitrogen and oxygen atoms in total. The van der Waals surface area contributed by atoms with Gasteiger partial charge >= 0.3 is 0 Å². The quantitative estimate of drug-likeness (QED) is 0.817. The third-order valence-electron chi connectivity index (χ3n) is 3.04. The number of anilines is 1. The molecule has 5 heteroatoms. The summed E-state index contributed by atoms with van der Waals surface area (Å²) in [5, 5.41) is 2.41. The molecule has 0 aliphatic carbocycles. The third kappa shape index (κ3) is 4.84. The van der Waals surface area contributed by atoms with Crippen LogP contribution in [0, 0.1) is 18.6 Å². The van der Waals surface area contributed by atoms with Crippen LogP contribution in [0.2, 0.25) is 0 Å². The molecule has 22 heavy (non-hydrogen) atoms. The smallest absolute Gasteiger partial charge is 0.224 e. The standard InChI is InChI=1S/C17H17F2NO2/c1-12-4-7-14(8-5-12)22-10-2-3-17(21)20-16-9-6-13(18)11-15(16)19/h4-9,11H,2-3,10H2,1H3,(H,20,21). The van der Waals surface area contributed by atoms with Crippen LogP contribution in [0.15, 0.2) is 42.5 Å². The van der Waals surface area contributed by atoms with Gasteiger partial charge in [0.1, 0.15) is 17.4 Å². The van der Waals surface area contributed by atoms with Crippen LogP contribution in [-0.2, 0) is 4.79 Å². The first-order chi connectivity index (χ1) is 10.5. The Morgan fingerprint density at radius 1 is 1.14 bits per heavy atom. The zero-order valence-corrected chi connectivity index (χ0v) is 12.2. The summed E-state index contributed by atoms with van der Waals surface area (Å²) in [4.78, 5) is 11.7. The SMILES string of the molecule is Cc1ccc(OCCCC(=O)Nc2ccc(F)cc2F)cc1. The Labute approximate surface area is 127 Å². The number of amides is 1. The van der Waals surface area contributed by atoms with Crippen LogP contribution in [-0.4, -0.2) is 12.5 Å². The average molecular weight is 305 g/mol. The number of aryl methyl sites for hydroxylation is 1. The topological polar surface area (TPSA) is 38.3 Å². The molecule has 116 valence electrons. The highest BCUT2D eigenvalue weighted by Gasteiger charge is 2.08. The fraction of sp³-hybridized carbons (Fsp3) is 0.235. The van der Waals surface area contributed by atoms with Crippen LogP contribution in [0.4, 0.5) is 14.5 Å². The lowest BCUT2D eigenvalue weighted by molar-refractivity contribution is -0.116. The van der Waals surface area contributed by atoms with Crippen molar-refractivity contribution >= 4 is 11.6 Å². The van der Waals surface area contributed by atoms with E-state index in [-0.39, 0.29) is 18.0 Å². The van der Waals surface area contributed by atoms with E-state index in [1.807, 2.05) is 31.2 Å². The van der Waals surface area contributed by atoms with Crippen molar-refractivity contribution in [3.63, 3.8) is 0 Å². The molecule has 1 amide bonds. The Bertz CT molecular complexity index is 642. The fourth-order valence-corrected chi connectivity index (χ4v) is 1.86. The molecule has 0 bridgehead atoms. The molecule has 2 rings (SSSR count). The monoisotopic (exact) mass is 305 g/mol. The van der Waals surface area contributed by atoms with Crippen molar-refractivity contribution in [2.24, 2.45) is 0 Å². The van der Waals surface area contributed by atoms with Crippen molar-refractivity contribution in [1.82, 2.24) is 0 Å². The number of halogens is 2. The van der Waals surface area contributed by atoms with Gasteiger partial charge in [-0.15, -0.1) is 0 Å². The summed E-state index contributed by atoms with van der Waals surface area (Å²) in [6, 6.07) is 10.6. The number of ether oxygens (including phenoxy) is 1. The van der Waals surface area contributed by atoms with Crippen LogP contribution < -0.4 is 10.1 Å². The van der Waals surface area contributed by atoms with Gasteiger partial charge in [-0.1, -0.05) is 17.7 Å². The molecule has 2 aromatic carbocycles. The number of hydrogen-bond donors (Lipinski definition) is 1. The zero-order chi connectivity index (χ0) is 15.9. The summed E-state index contributed by atoms with van der Waals surface area (Å²) in [6.07, 6.45) is 0.700. The van der Waals surface area contributed by atoms with E-state index >= 15 is 0 Å². The van der Waals surface area contributed by atoms with Gasteiger partial charge in [-0.05, 0) is 37.6 Å². The second kappa shape index (κ2) is 7.54. The van der Waals surface area contributed by atoms with E-state index in [2.05, 4.69) is 5.32 Å². The molecule has 0 radical (unpaired) electrons. The van der Waals surface area contributed by atoms with Crippen molar-refractivity contribution < 1.29 is 18.3 Å². The van der Waals surface area contributed by atoms with Crippen molar-refractivity contribution in [3.8, 4) is 5.75 Å². The Hall–Kier alpha value is -2.43. The molecule has 0 aromatic heterocycles. The summed E-state index contributed by atoms with van der Waals surface area (Å²) in [5.74, 6) is -1.06. The Morgan fingerprint density at radius 2 is 1.86 bits per heavy atom. The van der Waals surface area contributed by atoms with E-state index in [1.165, 1.54) is 6.07 Å². The second-order valence-corrected chi connectivity index (χ2v) is 4.94.